The molecule has 0 radical (unpaired) electrons. The van der Waals surface area contributed by atoms with Gasteiger partial charge >= 0.3 is 12.2 Å². The number of rotatable bonds is 9. The molecular weight excluding hydrogens is 640 g/mol. The first-order chi connectivity index (χ1) is 24.0. The van der Waals surface area contributed by atoms with Crippen molar-refractivity contribution in [2.45, 2.75) is 77.5 Å². The molecule has 1 aromatic carbocycles. The Bertz CT molecular complexity index is 1740. The van der Waals surface area contributed by atoms with Crippen molar-refractivity contribution in [1.82, 2.24) is 40.4 Å². The third-order valence-corrected chi connectivity index (χ3v) is 9.21. The Labute approximate surface area is 292 Å². The molecule has 0 bridgehead atoms. The number of hydrogen-bond donors (Lipinski definition) is 4. The Kier molecular flexibility index (Phi) is 11.5. The second kappa shape index (κ2) is 15.9. The Hall–Kier alpha value is -5.32. The van der Waals surface area contributed by atoms with Crippen molar-refractivity contribution in [2.24, 2.45) is 11.8 Å². The van der Waals surface area contributed by atoms with Gasteiger partial charge in [-0.05, 0) is 61.1 Å². The highest BCUT2D eigenvalue weighted by Crippen LogP contribution is 2.33. The average Bonchev–Trinajstić information content (AvgIpc) is 3.94. The molecule has 14 heteroatoms. The maximum Gasteiger partial charge on any atom is 0.407 e. The number of methoxy groups -OCH3 is 2. The molecule has 4 N–H and O–H groups in total. The van der Waals surface area contributed by atoms with E-state index in [-0.39, 0.29) is 35.7 Å². The number of carbonyl (C=O) groups excluding carboxylic acids is 4. The fraction of sp³-hybridized carbons (Fsp3) is 0.500. The number of hydrogen-bond acceptors (Lipinski definition) is 8. The molecule has 0 unspecified atom stereocenters. The molecule has 2 saturated heterocycles. The number of nitrogens with zero attached hydrogens (tertiary/aromatic N) is 4. The zero-order valence-corrected chi connectivity index (χ0v) is 29.4. The second-order valence-corrected chi connectivity index (χ2v) is 13.3. The molecule has 14 nitrogen and oxygen atoms in total. The SMILES string of the molecule is COC(=O)N[C@H](C(=O)N1CCC[C@H]1c1ncc(C#Cc2ccc(-c3cnc([C@@H]4CCCN4C(=O)[C@@H](NC(=O)OC)C(C)C)[nH]3)cc2)[nH]1)C(C)C. The summed E-state index contributed by atoms with van der Waals surface area (Å²) in [5.74, 6) is 7.13. The highest BCUT2D eigenvalue weighted by atomic mass is 16.5. The van der Waals surface area contributed by atoms with Crippen LogP contribution in [0.3, 0.4) is 0 Å². The number of nitrogens with one attached hydrogen (secondary N) is 4. The molecule has 2 fully saturated rings. The fourth-order valence-corrected chi connectivity index (χ4v) is 6.48. The molecule has 2 aromatic heterocycles. The summed E-state index contributed by atoms with van der Waals surface area (Å²) < 4.78 is 9.45. The summed E-state index contributed by atoms with van der Waals surface area (Å²) in [5, 5.41) is 5.34. The van der Waals surface area contributed by atoms with Crippen LogP contribution < -0.4 is 10.6 Å². The number of alkyl carbamates (subject to hydrolysis) is 2. The highest BCUT2D eigenvalue weighted by molar-refractivity contribution is 5.87. The lowest BCUT2D eigenvalue weighted by atomic mass is 10.0. The Morgan fingerprint density at radius 3 is 1.76 bits per heavy atom. The van der Waals surface area contributed by atoms with Gasteiger partial charge in [-0.25, -0.2) is 19.6 Å². The molecule has 2 aliphatic heterocycles. The van der Waals surface area contributed by atoms with Gasteiger partial charge in [-0.2, -0.15) is 0 Å². The minimum atomic E-state index is -0.700. The van der Waals surface area contributed by atoms with Gasteiger partial charge < -0.3 is 39.9 Å². The van der Waals surface area contributed by atoms with Crippen molar-refractivity contribution in [3.05, 3.63) is 59.6 Å². The van der Waals surface area contributed by atoms with Crippen LogP contribution in [0.1, 0.15) is 88.4 Å². The number of carbonyl (C=O) groups is 4. The van der Waals surface area contributed by atoms with Gasteiger partial charge in [-0.15, -0.1) is 0 Å². The van der Waals surface area contributed by atoms with Crippen molar-refractivity contribution in [3.63, 3.8) is 0 Å². The molecule has 3 aromatic rings. The first-order valence-corrected chi connectivity index (χ1v) is 17.0. The third-order valence-electron chi connectivity index (χ3n) is 9.21. The molecule has 4 amide bonds. The minimum absolute atomic E-state index is 0.110. The minimum Gasteiger partial charge on any atom is -0.453 e. The highest BCUT2D eigenvalue weighted by Gasteiger charge is 2.38. The predicted octanol–water partition coefficient (Wildman–Crippen LogP) is 4.29. The summed E-state index contributed by atoms with van der Waals surface area (Å²) in [4.78, 5) is 70.0. The van der Waals surface area contributed by atoms with Gasteiger partial charge in [0.2, 0.25) is 11.8 Å². The van der Waals surface area contributed by atoms with Crippen LogP contribution in [0.5, 0.6) is 0 Å². The number of likely N-dealkylation sites (tertiary alicyclic amines) is 2. The summed E-state index contributed by atoms with van der Waals surface area (Å²) in [7, 11) is 2.56. The Balaban J connectivity index is 1.23. The van der Waals surface area contributed by atoms with Crippen LogP contribution in [0, 0.1) is 23.7 Å². The number of ether oxygens (including phenoxy) is 2. The maximum atomic E-state index is 13.5. The van der Waals surface area contributed by atoms with E-state index < -0.39 is 24.3 Å². The molecule has 0 saturated carbocycles. The third kappa shape index (κ3) is 8.10. The van der Waals surface area contributed by atoms with Gasteiger partial charge in [0, 0.05) is 18.7 Å². The lowest BCUT2D eigenvalue weighted by Crippen LogP contribution is -2.51. The van der Waals surface area contributed by atoms with Crippen molar-refractivity contribution in [3.8, 4) is 23.1 Å². The Morgan fingerprint density at radius 1 is 0.760 bits per heavy atom. The number of amides is 4. The van der Waals surface area contributed by atoms with Crippen LogP contribution in [0.15, 0.2) is 36.7 Å². The summed E-state index contributed by atoms with van der Waals surface area (Å²) in [6.07, 6.45) is 5.36. The number of aromatic nitrogens is 4. The monoisotopic (exact) mass is 686 g/mol. The summed E-state index contributed by atoms with van der Waals surface area (Å²) in [6.45, 7) is 8.70. The topological polar surface area (TPSA) is 175 Å². The van der Waals surface area contributed by atoms with E-state index in [9.17, 15) is 19.2 Å². The lowest BCUT2D eigenvalue weighted by Gasteiger charge is -2.30. The summed E-state index contributed by atoms with van der Waals surface area (Å²) in [6, 6.07) is 5.92. The van der Waals surface area contributed by atoms with E-state index in [2.05, 4.69) is 42.4 Å². The maximum absolute atomic E-state index is 13.5. The number of H-pyrrole nitrogens is 2. The van der Waals surface area contributed by atoms with Crippen LogP contribution in [0.2, 0.25) is 0 Å². The molecule has 0 aliphatic carbocycles. The number of aromatic amines is 2. The van der Waals surface area contributed by atoms with Crippen molar-refractivity contribution < 1.29 is 28.7 Å². The van der Waals surface area contributed by atoms with Gasteiger partial charge in [0.1, 0.15) is 29.4 Å². The van der Waals surface area contributed by atoms with E-state index in [1.807, 2.05) is 52.0 Å². The summed E-state index contributed by atoms with van der Waals surface area (Å²) >= 11 is 0. The van der Waals surface area contributed by atoms with Gasteiger partial charge in [0.05, 0.1) is 44.4 Å². The lowest BCUT2D eigenvalue weighted by molar-refractivity contribution is -0.136. The van der Waals surface area contributed by atoms with Crippen LogP contribution in [0.25, 0.3) is 11.3 Å². The smallest absolute Gasteiger partial charge is 0.407 e. The first-order valence-electron chi connectivity index (χ1n) is 17.0. The fourth-order valence-electron chi connectivity index (χ4n) is 6.48. The normalized spacial score (nSPS) is 18.4. The van der Waals surface area contributed by atoms with Gasteiger partial charge in [0.15, 0.2) is 0 Å². The average molecular weight is 687 g/mol. The van der Waals surface area contributed by atoms with Crippen LogP contribution in [-0.4, -0.2) is 93.1 Å². The largest absolute Gasteiger partial charge is 0.453 e. The molecule has 50 heavy (non-hydrogen) atoms. The van der Waals surface area contributed by atoms with Crippen molar-refractivity contribution in [2.75, 3.05) is 27.3 Å². The second-order valence-electron chi connectivity index (χ2n) is 13.3. The van der Waals surface area contributed by atoms with E-state index in [1.165, 1.54) is 14.2 Å². The molecule has 5 rings (SSSR count). The molecule has 4 atom stereocenters. The zero-order valence-electron chi connectivity index (χ0n) is 29.4. The van der Waals surface area contributed by atoms with E-state index in [4.69, 9.17) is 9.47 Å². The first kappa shape index (κ1) is 36.0. The van der Waals surface area contributed by atoms with Crippen LogP contribution >= 0.6 is 0 Å². The van der Waals surface area contributed by atoms with E-state index in [0.29, 0.717) is 30.4 Å². The van der Waals surface area contributed by atoms with Gasteiger partial charge in [-0.3, -0.25) is 9.59 Å². The molecule has 0 spiro atoms. The quantitative estimate of drug-likeness (QED) is 0.241. The number of benzene rings is 1. The van der Waals surface area contributed by atoms with E-state index >= 15 is 0 Å². The van der Waals surface area contributed by atoms with E-state index in [1.54, 1.807) is 22.2 Å². The standard InChI is InChI=1S/C36H46N8O6/c1-21(2)29(41-35(47)49-5)33(45)43-17-7-9-27(43)31-37-19-25(39-31)16-13-23-11-14-24(15-12-23)26-20-38-32(40-26)28-10-8-18-44(28)34(46)30(22(3)4)42-36(48)50-6/h11-12,14-15,19-22,27-30H,7-10,17-18H2,1-6H3,(H,37,39)(H,38,40)(H,41,47)(H,42,48)/t27-,28-,29-,30-/m0/s1. The molecule has 4 heterocycles. The predicted molar refractivity (Wildman–Crippen MR) is 184 cm³/mol. The van der Waals surface area contributed by atoms with Gasteiger partial charge in [0.25, 0.3) is 0 Å². The number of imidazole rings is 2. The molecule has 266 valence electrons. The molecule has 2 aliphatic rings. The van der Waals surface area contributed by atoms with Crippen molar-refractivity contribution in [1.29, 1.82) is 0 Å². The van der Waals surface area contributed by atoms with E-state index in [0.717, 1.165) is 42.5 Å². The van der Waals surface area contributed by atoms with Gasteiger partial charge in [-0.1, -0.05) is 45.7 Å². The Morgan fingerprint density at radius 2 is 1.26 bits per heavy atom. The zero-order chi connectivity index (χ0) is 35.9. The summed E-state index contributed by atoms with van der Waals surface area (Å²) in [5.41, 5.74) is 3.18. The van der Waals surface area contributed by atoms with Crippen molar-refractivity contribution >= 4 is 24.0 Å². The van der Waals surface area contributed by atoms with Crippen LogP contribution in [0.4, 0.5) is 9.59 Å². The molecular formula is C36H46N8O6. The van der Waals surface area contributed by atoms with Crippen LogP contribution in [-0.2, 0) is 19.1 Å².